The number of carbonyl (C=O) groups excluding carboxylic acids is 1. The Morgan fingerprint density at radius 2 is 2.50 bits per heavy atom. The molecule has 1 rings (SSSR count). The second-order valence-corrected chi connectivity index (χ2v) is 4.19. The Morgan fingerprint density at radius 3 is 3.06 bits per heavy atom. The average Bonchev–Trinajstić information content (AvgIpc) is 2.28. The van der Waals surface area contributed by atoms with Gasteiger partial charge in [0, 0.05) is 24.8 Å². The van der Waals surface area contributed by atoms with E-state index in [4.69, 9.17) is 16.3 Å². The Bertz CT molecular complexity index is 362. The van der Waals surface area contributed by atoms with Crippen LogP contribution in [0, 0.1) is 0 Å². The molecule has 1 heterocycles. The molecule has 0 aliphatic carbocycles. The molecule has 1 N–H and O–H groups in total. The molecular formula is C10H12BrClN2O2. The fourth-order valence-corrected chi connectivity index (χ4v) is 1.70. The number of alkyl halides is 1. The van der Waals surface area contributed by atoms with Crippen molar-refractivity contribution in [2.75, 3.05) is 19.0 Å². The number of aromatic nitrogens is 1. The number of hydrogen-bond acceptors (Lipinski definition) is 3. The van der Waals surface area contributed by atoms with E-state index in [-0.39, 0.29) is 11.9 Å². The second-order valence-electron chi connectivity index (χ2n) is 3.14. The molecule has 0 aliphatic rings. The number of amides is 1. The molecule has 1 aromatic heterocycles. The topological polar surface area (TPSA) is 51.2 Å². The lowest BCUT2D eigenvalue weighted by Gasteiger charge is -2.15. The van der Waals surface area contributed by atoms with Gasteiger partial charge in [-0.05, 0) is 6.07 Å². The molecular weight excluding hydrogens is 295 g/mol. The van der Waals surface area contributed by atoms with Crippen molar-refractivity contribution in [2.45, 2.75) is 6.04 Å². The maximum absolute atomic E-state index is 11.8. The highest BCUT2D eigenvalue weighted by Gasteiger charge is 2.14. The number of nitrogens with one attached hydrogen (secondary N) is 1. The molecule has 16 heavy (non-hydrogen) atoms. The Balaban J connectivity index is 2.68. The van der Waals surface area contributed by atoms with Crippen LogP contribution in [0.3, 0.4) is 0 Å². The monoisotopic (exact) mass is 306 g/mol. The van der Waals surface area contributed by atoms with Crippen LogP contribution >= 0.6 is 27.5 Å². The van der Waals surface area contributed by atoms with Crippen molar-refractivity contribution < 1.29 is 9.53 Å². The summed E-state index contributed by atoms with van der Waals surface area (Å²) in [6.07, 6.45) is 2.97. The molecule has 0 saturated carbocycles. The van der Waals surface area contributed by atoms with Crippen LogP contribution in [0.2, 0.25) is 5.02 Å². The van der Waals surface area contributed by atoms with Crippen LogP contribution in [0.1, 0.15) is 10.4 Å². The van der Waals surface area contributed by atoms with Crippen molar-refractivity contribution in [1.29, 1.82) is 0 Å². The summed E-state index contributed by atoms with van der Waals surface area (Å²) in [6.45, 7) is 0.444. The van der Waals surface area contributed by atoms with Gasteiger partial charge in [-0.1, -0.05) is 27.5 Å². The van der Waals surface area contributed by atoms with Crippen LogP contribution in [-0.2, 0) is 4.74 Å². The molecule has 1 atom stereocenters. The highest BCUT2D eigenvalue weighted by molar-refractivity contribution is 9.09. The summed E-state index contributed by atoms with van der Waals surface area (Å²) in [5, 5.41) is 3.76. The summed E-state index contributed by atoms with van der Waals surface area (Å²) < 4.78 is 4.97. The van der Waals surface area contributed by atoms with E-state index in [1.807, 2.05) is 0 Å². The van der Waals surface area contributed by atoms with E-state index in [0.29, 0.717) is 22.5 Å². The van der Waals surface area contributed by atoms with Gasteiger partial charge in [0.05, 0.1) is 23.2 Å². The molecule has 0 spiro atoms. The van der Waals surface area contributed by atoms with Crippen LogP contribution in [0.4, 0.5) is 0 Å². The van der Waals surface area contributed by atoms with E-state index < -0.39 is 0 Å². The van der Waals surface area contributed by atoms with Crippen molar-refractivity contribution in [1.82, 2.24) is 10.3 Å². The van der Waals surface area contributed by atoms with E-state index >= 15 is 0 Å². The van der Waals surface area contributed by atoms with Gasteiger partial charge in [0.15, 0.2) is 0 Å². The maximum atomic E-state index is 11.8. The van der Waals surface area contributed by atoms with Gasteiger partial charge >= 0.3 is 0 Å². The quantitative estimate of drug-likeness (QED) is 0.845. The van der Waals surface area contributed by atoms with E-state index in [2.05, 4.69) is 26.2 Å². The van der Waals surface area contributed by atoms with E-state index in [0.717, 1.165) is 0 Å². The standard InChI is InChI=1S/C10H12BrClN2O2/c1-16-6-7(4-11)14-10(15)8-2-3-13-5-9(8)12/h2-3,5,7H,4,6H2,1H3,(H,14,15). The zero-order valence-electron chi connectivity index (χ0n) is 8.74. The minimum absolute atomic E-state index is 0.0817. The molecule has 0 fully saturated rings. The number of rotatable bonds is 5. The number of carbonyl (C=O) groups is 1. The smallest absolute Gasteiger partial charge is 0.253 e. The van der Waals surface area contributed by atoms with E-state index in [9.17, 15) is 4.79 Å². The molecule has 0 saturated heterocycles. The first-order chi connectivity index (χ1) is 7.69. The minimum Gasteiger partial charge on any atom is -0.383 e. The molecule has 6 heteroatoms. The van der Waals surface area contributed by atoms with Crippen molar-refractivity contribution in [3.63, 3.8) is 0 Å². The number of pyridine rings is 1. The van der Waals surface area contributed by atoms with Gasteiger partial charge in [-0.2, -0.15) is 0 Å². The minimum atomic E-state index is -0.228. The average molecular weight is 308 g/mol. The first-order valence-corrected chi connectivity index (χ1v) is 6.14. The lowest BCUT2D eigenvalue weighted by atomic mass is 10.2. The molecule has 0 bridgehead atoms. The Kier molecular flexibility index (Phi) is 5.73. The van der Waals surface area contributed by atoms with Crippen molar-refractivity contribution >= 4 is 33.4 Å². The van der Waals surface area contributed by atoms with E-state index in [1.165, 1.54) is 12.4 Å². The van der Waals surface area contributed by atoms with Gasteiger partial charge in [-0.25, -0.2) is 0 Å². The zero-order chi connectivity index (χ0) is 12.0. The molecule has 1 aromatic rings. The van der Waals surface area contributed by atoms with Gasteiger partial charge in [0.2, 0.25) is 0 Å². The van der Waals surface area contributed by atoms with Crippen LogP contribution in [0.15, 0.2) is 18.5 Å². The fourth-order valence-electron chi connectivity index (χ4n) is 1.15. The van der Waals surface area contributed by atoms with Gasteiger partial charge in [-0.3, -0.25) is 9.78 Å². The highest BCUT2D eigenvalue weighted by atomic mass is 79.9. The molecule has 88 valence electrons. The first-order valence-electron chi connectivity index (χ1n) is 4.64. The Morgan fingerprint density at radius 1 is 1.75 bits per heavy atom. The summed E-state index contributed by atoms with van der Waals surface area (Å²) in [5.74, 6) is -0.228. The predicted octanol–water partition coefficient (Wildman–Crippen LogP) is 1.87. The largest absolute Gasteiger partial charge is 0.383 e. The molecule has 0 aliphatic heterocycles. The highest BCUT2D eigenvalue weighted by Crippen LogP contribution is 2.13. The van der Waals surface area contributed by atoms with Gasteiger partial charge < -0.3 is 10.1 Å². The zero-order valence-corrected chi connectivity index (χ0v) is 11.1. The van der Waals surface area contributed by atoms with Crippen LogP contribution in [-0.4, -0.2) is 36.0 Å². The van der Waals surface area contributed by atoms with Crippen LogP contribution in [0.25, 0.3) is 0 Å². The molecule has 1 unspecified atom stereocenters. The van der Waals surface area contributed by atoms with Gasteiger partial charge in [0.25, 0.3) is 5.91 Å². The van der Waals surface area contributed by atoms with Crippen molar-refractivity contribution in [3.8, 4) is 0 Å². The number of halogens is 2. The van der Waals surface area contributed by atoms with Gasteiger partial charge in [0.1, 0.15) is 0 Å². The summed E-state index contributed by atoms with van der Waals surface area (Å²) in [4.78, 5) is 15.6. The number of ether oxygens (including phenoxy) is 1. The van der Waals surface area contributed by atoms with Crippen molar-refractivity contribution in [2.24, 2.45) is 0 Å². The third-order valence-electron chi connectivity index (χ3n) is 1.91. The molecule has 0 radical (unpaired) electrons. The summed E-state index contributed by atoms with van der Waals surface area (Å²) in [6, 6.07) is 1.50. The van der Waals surface area contributed by atoms with Crippen LogP contribution < -0.4 is 5.32 Å². The Labute approximate surface area is 107 Å². The third kappa shape index (κ3) is 3.73. The normalized spacial score (nSPS) is 12.2. The third-order valence-corrected chi connectivity index (χ3v) is 2.99. The molecule has 0 aromatic carbocycles. The second kappa shape index (κ2) is 6.83. The lowest BCUT2D eigenvalue weighted by Crippen LogP contribution is -2.39. The molecule has 1 amide bonds. The Hall–Kier alpha value is -0.650. The summed E-state index contributed by atoms with van der Waals surface area (Å²) in [7, 11) is 1.58. The maximum Gasteiger partial charge on any atom is 0.253 e. The number of hydrogen-bond donors (Lipinski definition) is 1. The lowest BCUT2D eigenvalue weighted by molar-refractivity contribution is 0.0908. The van der Waals surface area contributed by atoms with Crippen LogP contribution in [0.5, 0.6) is 0 Å². The van der Waals surface area contributed by atoms with Gasteiger partial charge in [-0.15, -0.1) is 0 Å². The molecule has 4 nitrogen and oxygen atoms in total. The predicted molar refractivity (Wildman–Crippen MR) is 66.2 cm³/mol. The summed E-state index contributed by atoms with van der Waals surface area (Å²) >= 11 is 9.15. The summed E-state index contributed by atoms with van der Waals surface area (Å²) in [5.41, 5.74) is 0.415. The number of methoxy groups -OCH3 is 1. The SMILES string of the molecule is COCC(CBr)NC(=O)c1ccncc1Cl. The number of nitrogens with zero attached hydrogens (tertiary/aromatic N) is 1. The first kappa shape index (κ1) is 13.4. The fraction of sp³-hybridized carbons (Fsp3) is 0.400. The van der Waals surface area contributed by atoms with Crippen molar-refractivity contribution in [3.05, 3.63) is 29.0 Å². The van der Waals surface area contributed by atoms with E-state index in [1.54, 1.807) is 13.2 Å².